The first-order valence-corrected chi connectivity index (χ1v) is 15.4. The van der Waals surface area contributed by atoms with Crippen LogP contribution in [-0.2, 0) is 42.9 Å². The monoisotopic (exact) mass is 590 g/mol. The van der Waals surface area contributed by atoms with E-state index in [0.29, 0.717) is 25.7 Å². The van der Waals surface area contributed by atoms with Gasteiger partial charge in [-0.3, -0.25) is 24.0 Å². The summed E-state index contributed by atoms with van der Waals surface area (Å²) in [7, 11) is 1.27. The number of hydrogen-bond acceptors (Lipinski definition) is 9. The molecule has 0 heterocycles. The Morgan fingerprint density at radius 3 is 2.24 bits per heavy atom. The Kier molecular flexibility index (Phi) is 13.4. The molecule has 236 valence electrons. The molecule has 1 fully saturated rings. The van der Waals surface area contributed by atoms with Crippen LogP contribution in [0.4, 0.5) is 0 Å². The molecule has 0 aromatic carbocycles. The molecule has 0 N–H and O–H groups in total. The number of methoxy groups -OCH3 is 1. The second-order valence-corrected chi connectivity index (χ2v) is 12.0. The average Bonchev–Trinajstić information content (AvgIpc) is 2.92. The van der Waals surface area contributed by atoms with Crippen LogP contribution in [0.15, 0.2) is 23.3 Å². The van der Waals surface area contributed by atoms with Gasteiger partial charge in [-0.05, 0) is 39.5 Å². The summed E-state index contributed by atoms with van der Waals surface area (Å²) < 4.78 is 23.0. The molecule has 9 heteroatoms. The zero-order valence-electron chi connectivity index (χ0n) is 26.7. The molecule has 42 heavy (non-hydrogen) atoms. The Hall–Kier alpha value is -2.97. The van der Waals surface area contributed by atoms with Gasteiger partial charge in [0.2, 0.25) is 0 Å². The summed E-state index contributed by atoms with van der Waals surface area (Å²) >= 11 is 0. The number of carbonyl (C=O) groups is 5. The van der Waals surface area contributed by atoms with Crippen LogP contribution in [0, 0.1) is 23.2 Å². The maximum absolute atomic E-state index is 14.7. The molecule has 9 nitrogen and oxygen atoms in total. The van der Waals surface area contributed by atoms with Gasteiger partial charge >= 0.3 is 23.9 Å². The van der Waals surface area contributed by atoms with Gasteiger partial charge in [-0.1, -0.05) is 58.3 Å². The molecule has 7 atom stereocenters. The predicted molar refractivity (Wildman–Crippen MR) is 157 cm³/mol. The molecule has 0 aromatic heterocycles. The number of ketones is 1. The lowest BCUT2D eigenvalue weighted by molar-refractivity contribution is -0.210. The molecule has 2 aliphatic carbocycles. The van der Waals surface area contributed by atoms with E-state index in [1.165, 1.54) is 14.0 Å². The van der Waals surface area contributed by atoms with Crippen molar-refractivity contribution in [1.82, 2.24) is 0 Å². The zero-order chi connectivity index (χ0) is 31.6. The minimum absolute atomic E-state index is 0.156. The highest BCUT2D eigenvalue weighted by molar-refractivity contribution is 6.03. The van der Waals surface area contributed by atoms with Gasteiger partial charge in [0.05, 0.1) is 18.4 Å². The third-order valence-corrected chi connectivity index (χ3v) is 8.86. The van der Waals surface area contributed by atoms with Gasteiger partial charge in [-0.25, -0.2) is 0 Å². The highest BCUT2D eigenvalue weighted by Gasteiger charge is 2.61. The van der Waals surface area contributed by atoms with Crippen LogP contribution in [0.5, 0.6) is 0 Å². The summed E-state index contributed by atoms with van der Waals surface area (Å²) in [5.41, 5.74) is -0.00693. The SMILES string of the molecule is CCCCCC(=O)O[C@@H]1C[C@H](OC(C)=O)[C@]2(C)[C@@H](OC(=O)CCC)CCC(C)=C/C=C(/[C@@H](C)C(=O)OC)C(=O)[C@H]2[C@@H]1C. The zero-order valence-corrected chi connectivity index (χ0v) is 26.7. The Morgan fingerprint density at radius 2 is 1.64 bits per heavy atom. The number of rotatable bonds is 11. The summed E-state index contributed by atoms with van der Waals surface area (Å²) in [5, 5.41) is 0. The number of unbranched alkanes of at least 4 members (excludes halogenated alkanes) is 2. The smallest absolute Gasteiger partial charge is 0.312 e. The molecule has 0 aliphatic heterocycles. The van der Waals surface area contributed by atoms with Crippen molar-refractivity contribution < 1.29 is 42.9 Å². The molecule has 0 amide bonds. The number of allylic oxidation sites excluding steroid dienone is 3. The van der Waals surface area contributed by atoms with Crippen molar-refractivity contribution in [2.75, 3.05) is 7.11 Å². The molecule has 0 spiro atoms. The Balaban J connectivity index is 2.75. The van der Waals surface area contributed by atoms with E-state index >= 15 is 0 Å². The van der Waals surface area contributed by atoms with Crippen LogP contribution < -0.4 is 0 Å². The highest BCUT2D eigenvalue weighted by atomic mass is 16.6. The molecule has 0 aromatic rings. The van der Waals surface area contributed by atoms with E-state index in [1.807, 2.05) is 40.7 Å². The first-order valence-electron chi connectivity index (χ1n) is 15.4. The third kappa shape index (κ3) is 8.54. The van der Waals surface area contributed by atoms with Crippen molar-refractivity contribution >= 4 is 29.7 Å². The largest absolute Gasteiger partial charge is 0.469 e. The highest BCUT2D eigenvalue weighted by Crippen LogP contribution is 2.53. The number of fused-ring (bicyclic) bond motifs is 1. The van der Waals surface area contributed by atoms with Crippen molar-refractivity contribution in [2.45, 2.75) is 125 Å². The van der Waals surface area contributed by atoms with Gasteiger partial charge in [0, 0.05) is 43.6 Å². The minimum atomic E-state index is -1.18. The molecule has 0 saturated heterocycles. The van der Waals surface area contributed by atoms with Gasteiger partial charge in [-0.2, -0.15) is 0 Å². The molecule has 2 aliphatic rings. The van der Waals surface area contributed by atoms with Gasteiger partial charge in [0.15, 0.2) is 5.78 Å². The molecular weight excluding hydrogens is 540 g/mol. The third-order valence-electron chi connectivity index (χ3n) is 8.86. The van der Waals surface area contributed by atoms with Crippen LogP contribution in [0.3, 0.4) is 0 Å². The summed E-state index contributed by atoms with van der Waals surface area (Å²) in [6, 6.07) is 0. The number of esters is 4. The van der Waals surface area contributed by atoms with Crippen LogP contribution in [0.1, 0.15) is 106 Å². The molecule has 0 radical (unpaired) electrons. The molecule has 2 rings (SSSR count). The summed E-state index contributed by atoms with van der Waals surface area (Å²) in [6.07, 6.45) is 5.75. The van der Waals surface area contributed by atoms with Gasteiger partial charge in [0.1, 0.15) is 18.3 Å². The van der Waals surface area contributed by atoms with Crippen molar-refractivity contribution in [3.8, 4) is 0 Å². The maximum atomic E-state index is 14.7. The molecular formula is C33H50O9. The van der Waals surface area contributed by atoms with E-state index in [-0.39, 0.29) is 36.6 Å². The van der Waals surface area contributed by atoms with E-state index in [2.05, 4.69) is 0 Å². The lowest BCUT2D eigenvalue weighted by atomic mass is 9.54. The fourth-order valence-corrected chi connectivity index (χ4v) is 6.38. The van der Waals surface area contributed by atoms with Crippen LogP contribution >= 0.6 is 0 Å². The van der Waals surface area contributed by atoms with E-state index in [9.17, 15) is 24.0 Å². The average molecular weight is 591 g/mol. The van der Waals surface area contributed by atoms with E-state index in [1.54, 1.807) is 13.0 Å². The minimum Gasteiger partial charge on any atom is -0.469 e. The van der Waals surface area contributed by atoms with E-state index in [0.717, 1.165) is 18.4 Å². The Bertz CT molecular complexity index is 1060. The van der Waals surface area contributed by atoms with Crippen molar-refractivity contribution in [3.63, 3.8) is 0 Å². The van der Waals surface area contributed by atoms with Gasteiger partial charge in [-0.15, -0.1) is 0 Å². The van der Waals surface area contributed by atoms with Crippen molar-refractivity contribution in [2.24, 2.45) is 23.2 Å². The van der Waals surface area contributed by atoms with E-state index in [4.69, 9.17) is 18.9 Å². The topological polar surface area (TPSA) is 122 Å². The summed E-state index contributed by atoms with van der Waals surface area (Å²) in [5.74, 6) is -4.57. The number of hydrogen-bond donors (Lipinski definition) is 0. The summed E-state index contributed by atoms with van der Waals surface area (Å²) in [6.45, 7) is 12.4. The lowest BCUT2D eigenvalue weighted by Gasteiger charge is -2.54. The second-order valence-electron chi connectivity index (χ2n) is 12.0. The Labute approximate surface area is 250 Å². The first kappa shape index (κ1) is 35.2. The van der Waals surface area contributed by atoms with Gasteiger partial charge < -0.3 is 18.9 Å². The van der Waals surface area contributed by atoms with E-state index < -0.39 is 59.4 Å². The summed E-state index contributed by atoms with van der Waals surface area (Å²) in [4.78, 5) is 65.6. The lowest BCUT2D eigenvalue weighted by Crippen LogP contribution is -2.62. The van der Waals surface area contributed by atoms with Gasteiger partial charge in [0.25, 0.3) is 0 Å². The molecule has 0 unspecified atom stereocenters. The van der Waals surface area contributed by atoms with Crippen molar-refractivity contribution in [3.05, 3.63) is 23.3 Å². The number of Topliss-reactive ketones (excluding diaryl/α,β-unsaturated/α-hetero) is 1. The standard InChI is InChI=1S/C33H50O9/c1-9-11-12-14-29(36)41-25-19-27(40-23(6)34)33(7)26(42-28(35)13-10-2)18-16-20(3)15-17-24(21(4)32(38)39-8)31(37)30(33)22(25)5/h15,17,21-22,25-27,30H,9-14,16,18-19H2,1-8H3/b20-15?,24-17-/t21-,22-,25-,26+,27+,30-,33+/m1/s1. The quantitative estimate of drug-likeness (QED) is 0.166. The molecule has 0 bridgehead atoms. The normalized spacial score (nSPS) is 30.0. The Morgan fingerprint density at radius 1 is 0.976 bits per heavy atom. The van der Waals surface area contributed by atoms with Crippen LogP contribution in [0.25, 0.3) is 0 Å². The molecule has 1 saturated carbocycles. The van der Waals surface area contributed by atoms with Crippen molar-refractivity contribution in [1.29, 1.82) is 0 Å². The van der Waals surface area contributed by atoms with Crippen LogP contribution in [0.2, 0.25) is 0 Å². The van der Waals surface area contributed by atoms with Crippen LogP contribution in [-0.4, -0.2) is 55.1 Å². The number of carbonyl (C=O) groups excluding carboxylic acids is 5. The fraction of sp³-hybridized carbons (Fsp3) is 0.727. The number of ether oxygens (including phenoxy) is 4. The fourth-order valence-electron chi connectivity index (χ4n) is 6.38. The maximum Gasteiger partial charge on any atom is 0.312 e. The second kappa shape index (κ2) is 16.0. The first-order chi connectivity index (χ1) is 19.8. The predicted octanol–water partition coefficient (Wildman–Crippen LogP) is 5.83.